The fourth-order valence-electron chi connectivity index (χ4n) is 3.66. The molecule has 3 aromatic rings. The fraction of sp³-hybridized carbons (Fsp3) is 0.318. The number of hydrogen-bond acceptors (Lipinski definition) is 4. The van der Waals surface area contributed by atoms with Crippen molar-refractivity contribution in [2.45, 2.75) is 20.4 Å². The summed E-state index contributed by atoms with van der Waals surface area (Å²) in [5.74, 6) is 0.0899. The van der Waals surface area contributed by atoms with Crippen LogP contribution >= 0.6 is 15.9 Å². The van der Waals surface area contributed by atoms with Gasteiger partial charge in [-0.3, -0.25) is 14.7 Å². The highest BCUT2D eigenvalue weighted by Gasteiger charge is 2.22. The quantitative estimate of drug-likeness (QED) is 0.605. The van der Waals surface area contributed by atoms with Gasteiger partial charge >= 0.3 is 0 Å². The molecule has 7 heteroatoms. The summed E-state index contributed by atoms with van der Waals surface area (Å²) >= 11 is 3.56. The summed E-state index contributed by atoms with van der Waals surface area (Å²) in [6, 6.07) is 11.8. The van der Waals surface area contributed by atoms with Crippen molar-refractivity contribution in [3.8, 4) is 5.69 Å². The van der Waals surface area contributed by atoms with Crippen LogP contribution in [-0.4, -0.2) is 56.7 Å². The predicted octanol–water partition coefficient (Wildman–Crippen LogP) is 3.60. The lowest BCUT2D eigenvalue weighted by Gasteiger charge is -2.34. The number of halogens is 1. The Morgan fingerprint density at radius 2 is 1.79 bits per heavy atom. The van der Waals surface area contributed by atoms with E-state index >= 15 is 0 Å². The normalized spacial score (nSPS) is 14.9. The highest BCUT2D eigenvalue weighted by Crippen LogP contribution is 2.23. The first-order chi connectivity index (χ1) is 14.0. The molecule has 150 valence electrons. The smallest absolute Gasteiger partial charge is 0.253 e. The molecule has 1 aliphatic rings. The maximum atomic E-state index is 12.9. The van der Waals surface area contributed by atoms with E-state index in [1.54, 1.807) is 6.20 Å². The summed E-state index contributed by atoms with van der Waals surface area (Å²) in [5, 5.41) is 4.55. The van der Waals surface area contributed by atoms with E-state index < -0.39 is 0 Å². The molecule has 1 aromatic carbocycles. The van der Waals surface area contributed by atoms with Gasteiger partial charge in [-0.2, -0.15) is 5.10 Å². The minimum atomic E-state index is 0.0899. The minimum Gasteiger partial charge on any atom is -0.336 e. The SMILES string of the molecule is Cc1nn(-c2ccc(C(=O)N3CCN(Cc4cccnc4)CC3)cc2)c(C)c1Br. The highest BCUT2D eigenvalue weighted by molar-refractivity contribution is 9.10. The average molecular weight is 454 g/mol. The van der Waals surface area contributed by atoms with Gasteiger partial charge in [-0.1, -0.05) is 6.07 Å². The Hall–Kier alpha value is -2.51. The third-order valence-electron chi connectivity index (χ3n) is 5.35. The van der Waals surface area contributed by atoms with Gasteiger partial charge in [-0.25, -0.2) is 4.68 Å². The van der Waals surface area contributed by atoms with Gasteiger partial charge in [0, 0.05) is 50.7 Å². The van der Waals surface area contributed by atoms with Gasteiger partial charge in [0.2, 0.25) is 0 Å². The van der Waals surface area contributed by atoms with E-state index in [1.165, 1.54) is 5.56 Å². The zero-order chi connectivity index (χ0) is 20.4. The number of carbonyl (C=O) groups is 1. The Morgan fingerprint density at radius 3 is 2.38 bits per heavy atom. The second-order valence-electron chi connectivity index (χ2n) is 7.37. The number of benzene rings is 1. The van der Waals surface area contributed by atoms with Gasteiger partial charge in [0.1, 0.15) is 0 Å². The molecular formula is C22H24BrN5O. The van der Waals surface area contributed by atoms with Crippen molar-refractivity contribution in [1.82, 2.24) is 24.6 Å². The molecule has 1 fully saturated rings. The summed E-state index contributed by atoms with van der Waals surface area (Å²) in [4.78, 5) is 21.4. The summed E-state index contributed by atoms with van der Waals surface area (Å²) in [5.41, 5.74) is 4.88. The summed E-state index contributed by atoms with van der Waals surface area (Å²) < 4.78 is 2.91. The standard InChI is InChI=1S/C22H24BrN5O/c1-16-21(23)17(2)28(25-16)20-7-5-19(6-8-20)22(29)27-12-10-26(11-13-27)15-18-4-3-9-24-14-18/h3-9,14H,10-13,15H2,1-2H3. The molecule has 0 spiro atoms. The zero-order valence-corrected chi connectivity index (χ0v) is 18.3. The van der Waals surface area contributed by atoms with Gasteiger partial charge < -0.3 is 4.90 Å². The van der Waals surface area contributed by atoms with E-state index in [4.69, 9.17) is 0 Å². The van der Waals surface area contributed by atoms with Crippen molar-refractivity contribution in [3.63, 3.8) is 0 Å². The number of aromatic nitrogens is 3. The molecule has 29 heavy (non-hydrogen) atoms. The maximum Gasteiger partial charge on any atom is 0.253 e. The Kier molecular flexibility index (Phi) is 5.78. The van der Waals surface area contributed by atoms with Crippen molar-refractivity contribution >= 4 is 21.8 Å². The first-order valence-electron chi connectivity index (χ1n) is 9.75. The van der Waals surface area contributed by atoms with Crippen LogP contribution < -0.4 is 0 Å². The fourth-order valence-corrected chi connectivity index (χ4v) is 3.91. The third kappa shape index (κ3) is 4.26. The minimum absolute atomic E-state index is 0.0899. The van der Waals surface area contributed by atoms with Crippen LogP contribution in [0.25, 0.3) is 5.69 Å². The van der Waals surface area contributed by atoms with Crippen LogP contribution in [-0.2, 0) is 6.54 Å². The topological polar surface area (TPSA) is 54.3 Å². The molecule has 0 bridgehead atoms. The second kappa shape index (κ2) is 8.47. The highest BCUT2D eigenvalue weighted by atomic mass is 79.9. The largest absolute Gasteiger partial charge is 0.336 e. The number of piperazine rings is 1. The van der Waals surface area contributed by atoms with Gasteiger partial charge in [0.05, 0.1) is 21.5 Å². The summed E-state index contributed by atoms with van der Waals surface area (Å²) in [7, 11) is 0. The van der Waals surface area contributed by atoms with Crippen LogP contribution in [0.2, 0.25) is 0 Å². The Balaban J connectivity index is 1.38. The van der Waals surface area contributed by atoms with Crippen molar-refractivity contribution < 1.29 is 4.79 Å². The summed E-state index contributed by atoms with van der Waals surface area (Å²) in [6.07, 6.45) is 3.69. The number of hydrogen-bond donors (Lipinski definition) is 0. The number of pyridine rings is 1. The molecular weight excluding hydrogens is 430 g/mol. The number of nitrogens with zero attached hydrogens (tertiary/aromatic N) is 5. The lowest BCUT2D eigenvalue weighted by molar-refractivity contribution is 0.0628. The van der Waals surface area contributed by atoms with Crippen molar-refractivity contribution in [2.75, 3.05) is 26.2 Å². The molecule has 1 amide bonds. The van der Waals surface area contributed by atoms with Crippen molar-refractivity contribution in [1.29, 1.82) is 0 Å². The van der Waals surface area contributed by atoms with Gasteiger partial charge in [-0.15, -0.1) is 0 Å². The Bertz CT molecular complexity index is 992. The molecule has 4 rings (SSSR count). The summed E-state index contributed by atoms with van der Waals surface area (Å²) in [6.45, 7) is 8.10. The average Bonchev–Trinajstić information content (AvgIpc) is 3.02. The van der Waals surface area contributed by atoms with Crippen LogP contribution in [0.3, 0.4) is 0 Å². The van der Waals surface area contributed by atoms with Gasteiger partial charge in [0.15, 0.2) is 0 Å². The van der Waals surface area contributed by atoms with Crippen molar-refractivity contribution in [2.24, 2.45) is 0 Å². The van der Waals surface area contributed by atoms with E-state index in [0.717, 1.165) is 59.8 Å². The van der Waals surface area contributed by atoms with Crippen LogP contribution in [0.5, 0.6) is 0 Å². The predicted molar refractivity (Wildman–Crippen MR) is 116 cm³/mol. The lowest BCUT2D eigenvalue weighted by atomic mass is 10.1. The van der Waals surface area contributed by atoms with E-state index in [9.17, 15) is 4.79 Å². The number of carbonyl (C=O) groups excluding carboxylic acids is 1. The first-order valence-corrected chi connectivity index (χ1v) is 10.5. The lowest BCUT2D eigenvalue weighted by Crippen LogP contribution is -2.48. The Labute approximate surface area is 179 Å². The number of aryl methyl sites for hydroxylation is 1. The number of rotatable bonds is 4. The third-order valence-corrected chi connectivity index (χ3v) is 6.50. The number of amides is 1. The van der Waals surface area contributed by atoms with Crippen LogP contribution in [0.4, 0.5) is 0 Å². The monoisotopic (exact) mass is 453 g/mol. The molecule has 1 aliphatic heterocycles. The molecule has 0 saturated carbocycles. The van der Waals surface area contributed by atoms with Crippen LogP contribution in [0, 0.1) is 13.8 Å². The molecule has 0 unspecified atom stereocenters. The molecule has 3 heterocycles. The maximum absolute atomic E-state index is 12.9. The molecule has 0 atom stereocenters. The van der Waals surface area contributed by atoms with Crippen LogP contribution in [0.15, 0.2) is 53.3 Å². The van der Waals surface area contributed by atoms with Gasteiger partial charge in [0.25, 0.3) is 5.91 Å². The van der Waals surface area contributed by atoms with Gasteiger partial charge in [-0.05, 0) is 65.7 Å². The first kappa shape index (κ1) is 19.8. The molecule has 1 saturated heterocycles. The van der Waals surface area contributed by atoms with E-state index in [-0.39, 0.29) is 5.91 Å². The molecule has 0 N–H and O–H groups in total. The second-order valence-corrected chi connectivity index (χ2v) is 8.17. The van der Waals surface area contributed by atoms with Crippen LogP contribution in [0.1, 0.15) is 27.3 Å². The molecule has 0 radical (unpaired) electrons. The molecule has 2 aromatic heterocycles. The zero-order valence-electron chi connectivity index (χ0n) is 16.7. The molecule has 6 nitrogen and oxygen atoms in total. The van der Waals surface area contributed by atoms with E-state index in [2.05, 4.69) is 37.0 Å². The van der Waals surface area contributed by atoms with Crippen molar-refractivity contribution in [3.05, 3.63) is 75.8 Å². The Morgan fingerprint density at radius 1 is 1.07 bits per heavy atom. The van der Waals surface area contributed by atoms with E-state index in [1.807, 2.05) is 60.0 Å². The van der Waals surface area contributed by atoms with E-state index in [0.29, 0.717) is 0 Å². The molecule has 0 aliphatic carbocycles.